The van der Waals surface area contributed by atoms with Crippen molar-refractivity contribution in [3.8, 4) is 0 Å². The summed E-state index contributed by atoms with van der Waals surface area (Å²) < 4.78 is 0. The van der Waals surface area contributed by atoms with Gasteiger partial charge in [-0.15, -0.1) is 0 Å². The monoisotopic (exact) mass is 269 g/mol. The van der Waals surface area contributed by atoms with Crippen molar-refractivity contribution in [3.63, 3.8) is 0 Å². The predicted octanol–water partition coefficient (Wildman–Crippen LogP) is -2.67. The number of nitrogens with zero attached hydrogens (tertiary/aromatic N) is 2. The number of nitrogens with two attached hydrogens (primary N) is 1. The molecule has 2 fully saturated rings. The van der Waals surface area contributed by atoms with Crippen molar-refractivity contribution in [2.75, 3.05) is 26.2 Å². The fourth-order valence-electron chi connectivity index (χ4n) is 2.58. The SMILES string of the molecule is NC(=O)N1CCN(C2CCCC2)CC1.O.O.O.O. The van der Waals surface area contributed by atoms with Crippen molar-refractivity contribution in [2.24, 2.45) is 5.73 Å². The highest BCUT2D eigenvalue weighted by atomic mass is 16.2. The molecule has 18 heavy (non-hydrogen) atoms. The first-order chi connectivity index (χ1) is 6.77. The number of carbonyl (C=O) groups excluding carboxylic acids is 1. The fourth-order valence-corrected chi connectivity index (χ4v) is 2.58. The van der Waals surface area contributed by atoms with Gasteiger partial charge in [0.25, 0.3) is 0 Å². The summed E-state index contributed by atoms with van der Waals surface area (Å²) in [4.78, 5) is 15.2. The highest BCUT2D eigenvalue weighted by Crippen LogP contribution is 2.24. The number of primary amides is 1. The largest absolute Gasteiger partial charge is 0.412 e. The van der Waals surface area contributed by atoms with E-state index < -0.39 is 0 Å². The molecule has 2 rings (SSSR count). The van der Waals surface area contributed by atoms with Crippen LogP contribution in [0.1, 0.15) is 25.7 Å². The molecule has 0 atom stereocenters. The zero-order chi connectivity index (χ0) is 9.97. The van der Waals surface area contributed by atoms with Crippen LogP contribution in [-0.2, 0) is 0 Å². The van der Waals surface area contributed by atoms with Crippen LogP contribution in [0.2, 0.25) is 0 Å². The number of amides is 2. The van der Waals surface area contributed by atoms with Crippen molar-refractivity contribution < 1.29 is 26.7 Å². The first-order valence-electron chi connectivity index (χ1n) is 5.56. The van der Waals surface area contributed by atoms with E-state index in [0.29, 0.717) is 0 Å². The molecule has 0 radical (unpaired) electrons. The van der Waals surface area contributed by atoms with E-state index in [2.05, 4.69) is 4.90 Å². The van der Waals surface area contributed by atoms with E-state index >= 15 is 0 Å². The molecule has 1 saturated heterocycles. The lowest BCUT2D eigenvalue weighted by Gasteiger charge is -2.37. The van der Waals surface area contributed by atoms with Gasteiger partial charge in [-0.3, -0.25) is 4.90 Å². The van der Waals surface area contributed by atoms with E-state index in [9.17, 15) is 4.79 Å². The summed E-state index contributed by atoms with van der Waals surface area (Å²) in [6.45, 7) is 3.64. The number of rotatable bonds is 1. The molecule has 112 valence electrons. The van der Waals surface area contributed by atoms with Gasteiger partial charge in [0.15, 0.2) is 0 Å². The number of carbonyl (C=O) groups is 1. The van der Waals surface area contributed by atoms with Gasteiger partial charge in [-0.05, 0) is 12.8 Å². The Hall–Kier alpha value is -0.930. The second-order valence-electron chi connectivity index (χ2n) is 4.30. The van der Waals surface area contributed by atoms with Crippen LogP contribution in [0.25, 0.3) is 0 Å². The molecule has 10 N–H and O–H groups in total. The zero-order valence-electron chi connectivity index (χ0n) is 10.6. The molecule has 1 saturated carbocycles. The molecule has 0 unspecified atom stereocenters. The number of urea groups is 1. The van der Waals surface area contributed by atoms with Crippen molar-refractivity contribution >= 4 is 6.03 Å². The topological polar surface area (TPSA) is 176 Å². The number of hydrogen-bond acceptors (Lipinski definition) is 2. The van der Waals surface area contributed by atoms with Crippen LogP contribution >= 0.6 is 0 Å². The normalized spacial score (nSPS) is 19.9. The molecule has 2 amide bonds. The van der Waals surface area contributed by atoms with Crippen LogP contribution in [0.4, 0.5) is 4.79 Å². The number of hydrogen-bond donors (Lipinski definition) is 1. The Kier molecular flexibility index (Phi) is 12.4. The van der Waals surface area contributed by atoms with Gasteiger partial charge in [0.2, 0.25) is 0 Å². The fraction of sp³-hybridized carbons (Fsp3) is 0.900. The third kappa shape index (κ3) is 5.15. The molecule has 0 spiro atoms. The van der Waals surface area contributed by atoms with Gasteiger partial charge in [-0.1, -0.05) is 12.8 Å². The van der Waals surface area contributed by atoms with Gasteiger partial charge in [0.1, 0.15) is 0 Å². The van der Waals surface area contributed by atoms with Gasteiger partial charge in [0, 0.05) is 32.2 Å². The lowest BCUT2D eigenvalue weighted by atomic mass is 10.2. The molecule has 0 aromatic carbocycles. The predicted molar refractivity (Wildman–Crippen MR) is 69.4 cm³/mol. The van der Waals surface area contributed by atoms with Gasteiger partial charge < -0.3 is 32.5 Å². The summed E-state index contributed by atoms with van der Waals surface area (Å²) in [5, 5.41) is 0. The first kappa shape index (κ1) is 22.3. The van der Waals surface area contributed by atoms with Crippen LogP contribution in [0, 0.1) is 0 Å². The van der Waals surface area contributed by atoms with Crippen molar-refractivity contribution in [3.05, 3.63) is 0 Å². The number of piperazine rings is 1. The molecular weight excluding hydrogens is 242 g/mol. The minimum Gasteiger partial charge on any atom is -0.412 e. The van der Waals surface area contributed by atoms with E-state index in [0.717, 1.165) is 32.2 Å². The minimum atomic E-state index is -0.268. The van der Waals surface area contributed by atoms with Crippen LogP contribution in [0.3, 0.4) is 0 Å². The first-order valence-corrected chi connectivity index (χ1v) is 5.56. The van der Waals surface area contributed by atoms with Crippen molar-refractivity contribution in [1.82, 2.24) is 9.80 Å². The lowest BCUT2D eigenvalue weighted by molar-refractivity contribution is 0.113. The molecule has 1 aliphatic carbocycles. The smallest absolute Gasteiger partial charge is 0.314 e. The van der Waals surface area contributed by atoms with Crippen LogP contribution in [0.15, 0.2) is 0 Å². The average molecular weight is 269 g/mol. The van der Waals surface area contributed by atoms with E-state index in [-0.39, 0.29) is 27.9 Å². The minimum absolute atomic E-state index is 0. The molecule has 0 bridgehead atoms. The maximum Gasteiger partial charge on any atom is 0.314 e. The second-order valence-corrected chi connectivity index (χ2v) is 4.30. The van der Waals surface area contributed by atoms with Gasteiger partial charge >= 0.3 is 6.03 Å². The summed E-state index contributed by atoms with van der Waals surface area (Å²) in [6, 6.07) is 0.515. The molecular formula is C10H27N3O5. The maximum atomic E-state index is 10.9. The van der Waals surface area contributed by atoms with E-state index in [4.69, 9.17) is 5.73 Å². The molecule has 0 aromatic rings. The Bertz CT molecular complexity index is 216. The van der Waals surface area contributed by atoms with Crippen molar-refractivity contribution in [2.45, 2.75) is 31.7 Å². The van der Waals surface area contributed by atoms with Gasteiger partial charge in [-0.2, -0.15) is 0 Å². The summed E-state index contributed by atoms with van der Waals surface area (Å²) in [6.07, 6.45) is 5.44. The van der Waals surface area contributed by atoms with Crippen LogP contribution in [-0.4, -0.2) is 70.0 Å². The van der Waals surface area contributed by atoms with Gasteiger partial charge in [-0.25, -0.2) is 4.79 Å². The molecule has 2 aliphatic rings. The summed E-state index contributed by atoms with van der Waals surface area (Å²) in [5.74, 6) is 0. The van der Waals surface area contributed by atoms with E-state index in [1.807, 2.05) is 0 Å². The quantitative estimate of drug-likeness (QED) is 0.546. The van der Waals surface area contributed by atoms with Crippen LogP contribution < -0.4 is 5.73 Å². The lowest BCUT2D eigenvalue weighted by Crippen LogP contribution is -2.52. The average Bonchev–Trinajstić information content (AvgIpc) is 2.71. The van der Waals surface area contributed by atoms with Gasteiger partial charge in [0.05, 0.1) is 0 Å². The molecule has 1 aliphatic heterocycles. The Morgan fingerprint density at radius 2 is 1.33 bits per heavy atom. The molecule has 0 aromatic heterocycles. The van der Waals surface area contributed by atoms with E-state index in [1.165, 1.54) is 25.7 Å². The van der Waals surface area contributed by atoms with Crippen molar-refractivity contribution in [1.29, 1.82) is 0 Å². The van der Waals surface area contributed by atoms with E-state index in [1.54, 1.807) is 4.90 Å². The summed E-state index contributed by atoms with van der Waals surface area (Å²) in [5.41, 5.74) is 5.23. The van der Waals surface area contributed by atoms with Crippen LogP contribution in [0.5, 0.6) is 0 Å². The second kappa shape index (κ2) is 10.0. The third-order valence-corrected chi connectivity index (χ3v) is 3.47. The molecule has 8 heteroatoms. The third-order valence-electron chi connectivity index (χ3n) is 3.47. The molecule has 1 heterocycles. The summed E-state index contributed by atoms with van der Waals surface area (Å²) >= 11 is 0. The Morgan fingerprint density at radius 1 is 0.889 bits per heavy atom. The highest BCUT2D eigenvalue weighted by molar-refractivity contribution is 5.72. The standard InChI is InChI=1S/C10H19N3O.4H2O/c11-10(14)13-7-5-12(6-8-13)9-3-1-2-4-9;;;;/h9H,1-8H2,(H2,11,14);4*1H2. The maximum absolute atomic E-state index is 10.9. The Labute approximate surface area is 107 Å². The zero-order valence-corrected chi connectivity index (χ0v) is 10.6. The summed E-state index contributed by atoms with van der Waals surface area (Å²) in [7, 11) is 0. The highest BCUT2D eigenvalue weighted by Gasteiger charge is 2.26. The Morgan fingerprint density at radius 3 is 1.72 bits per heavy atom. The molecule has 8 nitrogen and oxygen atoms in total. The Balaban J connectivity index is -0.000000562.